The molecule has 2 fully saturated rings. The smallest absolute Gasteiger partial charge is 0.226 e. The first-order chi connectivity index (χ1) is 9.69. The van der Waals surface area contributed by atoms with Crippen LogP contribution in [-0.2, 0) is 4.79 Å². The van der Waals surface area contributed by atoms with E-state index in [1.54, 1.807) is 7.11 Å². The minimum atomic E-state index is 0.201. The summed E-state index contributed by atoms with van der Waals surface area (Å²) in [4.78, 5) is 16.8. The maximum atomic E-state index is 12.5. The van der Waals surface area contributed by atoms with Gasteiger partial charge in [-0.3, -0.25) is 4.79 Å². The van der Waals surface area contributed by atoms with Crippen molar-refractivity contribution in [1.29, 1.82) is 0 Å². The van der Waals surface area contributed by atoms with Gasteiger partial charge in [-0.25, -0.2) is 0 Å². The molecule has 4 nitrogen and oxygen atoms in total. The van der Waals surface area contributed by atoms with E-state index in [4.69, 9.17) is 4.74 Å². The van der Waals surface area contributed by atoms with E-state index >= 15 is 0 Å². The highest BCUT2D eigenvalue weighted by atomic mass is 16.5. The number of hydrogen-bond donors (Lipinski definition) is 0. The molecule has 0 radical (unpaired) electrons. The quantitative estimate of drug-likeness (QED) is 0.839. The molecule has 0 bridgehead atoms. The third-order valence-electron chi connectivity index (χ3n) is 4.47. The topological polar surface area (TPSA) is 32.8 Å². The molecule has 1 saturated carbocycles. The van der Waals surface area contributed by atoms with Crippen molar-refractivity contribution in [1.82, 2.24) is 9.80 Å². The SMILES string of the molecule is COc1ccc(C2CC2C(=O)N2CCN(C)CC2)cc1. The summed E-state index contributed by atoms with van der Waals surface area (Å²) in [6, 6.07) is 8.12. The predicted molar refractivity (Wildman–Crippen MR) is 77.9 cm³/mol. The number of hydrogen-bond acceptors (Lipinski definition) is 3. The van der Waals surface area contributed by atoms with Crippen molar-refractivity contribution in [3.8, 4) is 5.75 Å². The highest BCUT2D eigenvalue weighted by Gasteiger charge is 2.45. The van der Waals surface area contributed by atoms with Crippen LogP contribution < -0.4 is 4.74 Å². The summed E-state index contributed by atoms with van der Waals surface area (Å²) in [6.07, 6.45) is 0.998. The number of likely N-dealkylation sites (N-methyl/N-ethyl adjacent to an activating group) is 1. The van der Waals surface area contributed by atoms with E-state index in [1.165, 1.54) is 5.56 Å². The Hall–Kier alpha value is -1.55. The van der Waals surface area contributed by atoms with Crippen LogP contribution in [0.25, 0.3) is 0 Å². The Morgan fingerprint density at radius 1 is 1.15 bits per heavy atom. The van der Waals surface area contributed by atoms with E-state index in [1.807, 2.05) is 17.0 Å². The van der Waals surface area contributed by atoms with Gasteiger partial charge in [0, 0.05) is 32.1 Å². The Labute approximate surface area is 120 Å². The van der Waals surface area contributed by atoms with Gasteiger partial charge in [0.1, 0.15) is 5.75 Å². The van der Waals surface area contributed by atoms with Crippen LogP contribution in [0.4, 0.5) is 0 Å². The van der Waals surface area contributed by atoms with E-state index in [2.05, 4.69) is 24.1 Å². The molecule has 1 aliphatic heterocycles. The van der Waals surface area contributed by atoms with Gasteiger partial charge in [-0.05, 0) is 37.1 Å². The van der Waals surface area contributed by atoms with Gasteiger partial charge in [0.25, 0.3) is 0 Å². The van der Waals surface area contributed by atoms with Gasteiger partial charge >= 0.3 is 0 Å². The van der Waals surface area contributed by atoms with Crippen molar-refractivity contribution in [2.24, 2.45) is 5.92 Å². The number of methoxy groups -OCH3 is 1. The van der Waals surface area contributed by atoms with Gasteiger partial charge in [-0.15, -0.1) is 0 Å². The van der Waals surface area contributed by atoms with Crippen LogP contribution in [0.15, 0.2) is 24.3 Å². The molecule has 2 atom stereocenters. The van der Waals surface area contributed by atoms with Crippen molar-refractivity contribution in [3.63, 3.8) is 0 Å². The summed E-state index contributed by atoms with van der Waals surface area (Å²) >= 11 is 0. The number of ether oxygens (including phenoxy) is 1. The summed E-state index contributed by atoms with van der Waals surface area (Å²) in [6.45, 7) is 3.74. The van der Waals surface area contributed by atoms with Gasteiger partial charge in [0.2, 0.25) is 5.91 Å². The number of nitrogens with zero attached hydrogens (tertiary/aromatic N) is 2. The average Bonchev–Trinajstić information content (AvgIpc) is 3.28. The fraction of sp³-hybridized carbons (Fsp3) is 0.562. The fourth-order valence-electron chi connectivity index (χ4n) is 2.95. The van der Waals surface area contributed by atoms with E-state index < -0.39 is 0 Å². The molecule has 1 amide bonds. The van der Waals surface area contributed by atoms with E-state index in [-0.39, 0.29) is 5.92 Å². The maximum Gasteiger partial charge on any atom is 0.226 e. The first-order valence-electron chi connectivity index (χ1n) is 7.30. The second-order valence-electron chi connectivity index (χ2n) is 5.85. The van der Waals surface area contributed by atoms with Crippen LogP contribution in [-0.4, -0.2) is 56.0 Å². The predicted octanol–water partition coefficient (Wildman–Crippen LogP) is 1.57. The monoisotopic (exact) mass is 274 g/mol. The molecule has 20 heavy (non-hydrogen) atoms. The zero-order valence-corrected chi connectivity index (χ0v) is 12.2. The fourth-order valence-corrected chi connectivity index (χ4v) is 2.95. The van der Waals surface area contributed by atoms with E-state index in [0.29, 0.717) is 11.8 Å². The molecular formula is C16H22N2O2. The van der Waals surface area contributed by atoms with Crippen LogP contribution >= 0.6 is 0 Å². The number of amides is 1. The lowest BCUT2D eigenvalue weighted by Gasteiger charge is -2.32. The lowest BCUT2D eigenvalue weighted by Crippen LogP contribution is -2.47. The Morgan fingerprint density at radius 2 is 1.80 bits per heavy atom. The molecule has 2 unspecified atom stereocenters. The molecule has 1 aliphatic carbocycles. The summed E-state index contributed by atoms with van der Waals surface area (Å²) < 4.78 is 5.17. The highest BCUT2D eigenvalue weighted by molar-refractivity contribution is 5.83. The van der Waals surface area contributed by atoms with Crippen LogP contribution in [0.2, 0.25) is 0 Å². The number of rotatable bonds is 3. The third kappa shape index (κ3) is 2.66. The summed E-state index contributed by atoms with van der Waals surface area (Å²) in [5, 5.41) is 0. The van der Waals surface area contributed by atoms with E-state index in [9.17, 15) is 4.79 Å². The summed E-state index contributed by atoms with van der Waals surface area (Å²) in [5.74, 6) is 1.83. The lowest BCUT2D eigenvalue weighted by molar-refractivity contribution is -0.134. The molecule has 1 saturated heterocycles. The lowest BCUT2D eigenvalue weighted by atomic mass is 10.1. The van der Waals surface area contributed by atoms with Crippen LogP contribution in [0, 0.1) is 5.92 Å². The van der Waals surface area contributed by atoms with Crippen LogP contribution in [0.3, 0.4) is 0 Å². The van der Waals surface area contributed by atoms with Crippen molar-refractivity contribution < 1.29 is 9.53 Å². The third-order valence-corrected chi connectivity index (χ3v) is 4.47. The zero-order chi connectivity index (χ0) is 14.1. The number of carbonyl (C=O) groups is 1. The second kappa shape index (κ2) is 5.44. The highest BCUT2D eigenvalue weighted by Crippen LogP contribution is 2.48. The van der Waals surface area contributed by atoms with Crippen LogP contribution in [0.5, 0.6) is 5.75 Å². The van der Waals surface area contributed by atoms with E-state index in [0.717, 1.165) is 38.3 Å². The van der Waals surface area contributed by atoms with Gasteiger partial charge < -0.3 is 14.5 Å². The normalized spacial score (nSPS) is 26.4. The Bertz CT molecular complexity index is 478. The Kier molecular flexibility index (Phi) is 3.66. The minimum absolute atomic E-state index is 0.201. The summed E-state index contributed by atoms with van der Waals surface area (Å²) in [7, 11) is 3.78. The van der Waals surface area contributed by atoms with Crippen molar-refractivity contribution in [3.05, 3.63) is 29.8 Å². The largest absolute Gasteiger partial charge is 0.497 e. The number of piperazine rings is 1. The molecule has 0 spiro atoms. The molecule has 0 aromatic heterocycles. The number of benzene rings is 1. The molecular weight excluding hydrogens is 252 g/mol. The van der Waals surface area contributed by atoms with Crippen LogP contribution in [0.1, 0.15) is 17.9 Å². The molecule has 4 heteroatoms. The van der Waals surface area contributed by atoms with Gasteiger partial charge in [-0.1, -0.05) is 12.1 Å². The van der Waals surface area contributed by atoms with Crippen molar-refractivity contribution in [2.75, 3.05) is 40.3 Å². The minimum Gasteiger partial charge on any atom is -0.497 e. The first kappa shape index (κ1) is 13.4. The first-order valence-corrected chi connectivity index (χ1v) is 7.30. The number of carbonyl (C=O) groups excluding carboxylic acids is 1. The molecule has 1 heterocycles. The zero-order valence-electron chi connectivity index (χ0n) is 12.2. The Balaban J connectivity index is 1.59. The molecule has 108 valence electrons. The van der Waals surface area contributed by atoms with Gasteiger partial charge in [-0.2, -0.15) is 0 Å². The van der Waals surface area contributed by atoms with Gasteiger partial charge in [0.15, 0.2) is 0 Å². The summed E-state index contributed by atoms with van der Waals surface area (Å²) in [5.41, 5.74) is 1.26. The molecule has 0 N–H and O–H groups in total. The molecule has 1 aromatic rings. The molecule has 1 aromatic carbocycles. The molecule has 3 rings (SSSR count). The van der Waals surface area contributed by atoms with Gasteiger partial charge in [0.05, 0.1) is 7.11 Å². The average molecular weight is 274 g/mol. The maximum absolute atomic E-state index is 12.5. The Morgan fingerprint density at radius 3 is 2.40 bits per heavy atom. The molecule has 2 aliphatic rings. The van der Waals surface area contributed by atoms with Crippen molar-refractivity contribution in [2.45, 2.75) is 12.3 Å². The second-order valence-corrected chi connectivity index (χ2v) is 5.85. The van der Waals surface area contributed by atoms with Crippen molar-refractivity contribution >= 4 is 5.91 Å². The standard InChI is InChI=1S/C16H22N2O2/c1-17-7-9-18(10-8-17)16(19)15-11-14(15)12-3-5-13(20-2)6-4-12/h3-6,14-15H,7-11H2,1-2H3.